The van der Waals surface area contributed by atoms with E-state index < -0.39 is 5.60 Å². The molecule has 4 nitrogen and oxygen atoms in total. The number of nitrogens with one attached hydrogen (secondary N) is 1. The summed E-state index contributed by atoms with van der Waals surface area (Å²) in [7, 11) is 0. The van der Waals surface area contributed by atoms with Gasteiger partial charge in [0.05, 0.1) is 5.60 Å². The largest absolute Gasteiger partial charge is 0.508 e. The number of hydrogen-bond donors (Lipinski definition) is 3. The highest BCUT2D eigenvalue weighted by Gasteiger charge is 2.29. The van der Waals surface area contributed by atoms with E-state index in [0.717, 1.165) is 16.3 Å². The van der Waals surface area contributed by atoms with Gasteiger partial charge in [0.2, 0.25) is 0 Å². The van der Waals surface area contributed by atoms with Gasteiger partial charge in [0, 0.05) is 44.7 Å². The highest BCUT2D eigenvalue weighted by Crippen LogP contribution is 2.27. The third-order valence-electron chi connectivity index (χ3n) is 4.20. The van der Waals surface area contributed by atoms with Crippen molar-refractivity contribution >= 4 is 10.8 Å². The van der Waals surface area contributed by atoms with Crippen LogP contribution in [0.2, 0.25) is 0 Å². The zero-order chi connectivity index (χ0) is 14.7. The molecule has 3 rings (SSSR count). The van der Waals surface area contributed by atoms with E-state index in [1.54, 1.807) is 6.07 Å². The summed E-state index contributed by atoms with van der Waals surface area (Å²) in [5.74, 6) is 0.292. The van der Waals surface area contributed by atoms with Gasteiger partial charge in [-0.25, -0.2) is 0 Å². The number of rotatable bonds is 4. The third kappa shape index (κ3) is 3.18. The molecule has 0 amide bonds. The van der Waals surface area contributed by atoms with Crippen LogP contribution in [0.1, 0.15) is 18.4 Å². The van der Waals surface area contributed by atoms with Gasteiger partial charge in [0.15, 0.2) is 0 Å². The Balaban J connectivity index is 1.72. The molecule has 0 spiro atoms. The monoisotopic (exact) mass is 287 g/mol. The van der Waals surface area contributed by atoms with Crippen LogP contribution in [0, 0.1) is 0 Å². The summed E-state index contributed by atoms with van der Waals surface area (Å²) >= 11 is 0. The zero-order valence-corrected chi connectivity index (χ0v) is 12.0. The second-order valence-electron chi connectivity index (χ2n) is 5.72. The van der Waals surface area contributed by atoms with Crippen LogP contribution in [0.25, 0.3) is 10.8 Å². The summed E-state index contributed by atoms with van der Waals surface area (Å²) in [4.78, 5) is 0. The fraction of sp³-hybridized carbons (Fsp3) is 0.412. The second-order valence-corrected chi connectivity index (χ2v) is 5.72. The minimum atomic E-state index is -0.696. The lowest BCUT2D eigenvalue weighted by atomic mass is 9.94. The van der Waals surface area contributed by atoms with Crippen molar-refractivity contribution in [3.05, 3.63) is 42.0 Å². The van der Waals surface area contributed by atoms with Gasteiger partial charge >= 0.3 is 0 Å². The number of aromatic hydroxyl groups is 1. The average molecular weight is 287 g/mol. The first kappa shape index (κ1) is 14.3. The van der Waals surface area contributed by atoms with Crippen LogP contribution < -0.4 is 5.32 Å². The minimum absolute atomic E-state index is 0.292. The molecule has 0 saturated carbocycles. The lowest BCUT2D eigenvalue weighted by Crippen LogP contribution is -2.44. The maximum Gasteiger partial charge on any atom is 0.120 e. The van der Waals surface area contributed by atoms with E-state index in [9.17, 15) is 10.2 Å². The Bertz CT molecular complexity index is 620. The normalized spacial score (nSPS) is 18.0. The summed E-state index contributed by atoms with van der Waals surface area (Å²) < 4.78 is 5.28. The Morgan fingerprint density at radius 1 is 1.10 bits per heavy atom. The highest BCUT2D eigenvalue weighted by molar-refractivity contribution is 5.87. The molecule has 0 bridgehead atoms. The Morgan fingerprint density at radius 3 is 2.67 bits per heavy atom. The first-order valence-corrected chi connectivity index (χ1v) is 7.38. The number of phenolic OH excluding ortho intramolecular Hbond substituents is 1. The molecule has 21 heavy (non-hydrogen) atoms. The molecule has 1 aliphatic rings. The summed E-state index contributed by atoms with van der Waals surface area (Å²) in [6.07, 6.45) is 1.31. The van der Waals surface area contributed by atoms with Crippen molar-refractivity contribution in [2.75, 3.05) is 19.8 Å². The number of benzene rings is 2. The van der Waals surface area contributed by atoms with Crippen molar-refractivity contribution in [3.8, 4) is 5.75 Å². The molecule has 0 aliphatic carbocycles. The molecule has 0 unspecified atom stereocenters. The van der Waals surface area contributed by atoms with Gasteiger partial charge in [0.25, 0.3) is 0 Å². The molecule has 1 saturated heterocycles. The SMILES string of the molecule is Oc1ccc2ccccc2c1CNCC1(O)CCOCC1. The van der Waals surface area contributed by atoms with E-state index in [4.69, 9.17) is 4.74 Å². The van der Waals surface area contributed by atoms with E-state index >= 15 is 0 Å². The lowest BCUT2D eigenvalue weighted by Gasteiger charge is -2.32. The molecule has 4 heteroatoms. The van der Waals surface area contributed by atoms with Gasteiger partial charge in [-0.3, -0.25) is 0 Å². The fourth-order valence-electron chi connectivity index (χ4n) is 2.86. The smallest absolute Gasteiger partial charge is 0.120 e. The van der Waals surface area contributed by atoms with E-state index in [0.29, 0.717) is 44.9 Å². The second kappa shape index (κ2) is 6.02. The molecular weight excluding hydrogens is 266 g/mol. The van der Waals surface area contributed by atoms with Crippen molar-refractivity contribution in [1.82, 2.24) is 5.32 Å². The molecule has 2 aromatic carbocycles. The maximum absolute atomic E-state index is 10.4. The summed E-state index contributed by atoms with van der Waals surface area (Å²) in [6, 6.07) is 11.6. The first-order chi connectivity index (χ1) is 10.2. The van der Waals surface area contributed by atoms with Crippen molar-refractivity contribution in [2.24, 2.45) is 0 Å². The lowest BCUT2D eigenvalue weighted by molar-refractivity contribution is -0.0617. The van der Waals surface area contributed by atoms with Crippen LogP contribution in [0.5, 0.6) is 5.75 Å². The fourth-order valence-corrected chi connectivity index (χ4v) is 2.86. The molecular formula is C17H21NO3. The molecule has 112 valence electrons. The minimum Gasteiger partial charge on any atom is -0.508 e. The number of ether oxygens (including phenoxy) is 1. The Kier molecular flexibility index (Phi) is 4.10. The van der Waals surface area contributed by atoms with Crippen molar-refractivity contribution in [3.63, 3.8) is 0 Å². The zero-order valence-electron chi connectivity index (χ0n) is 12.0. The molecule has 3 N–H and O–H groups in total. The van der Waals surface area contributed by atoms with Gasteiger partial charge in [-0.1, -0.05) is 30.3 Å². The summed E-state index contributed by atoms with van der Waals surface area (Å²) in [5.41, 5.74) is 0.183. The average Bonchev–Trinajstić information content (AvgIpc) is 2.50. The summed E-state index contributed by atoms with van der Waals surface area (Å²) in [6.45, 7) is 2.27. The predicted octanol–water partition coefficient (Wildman–Crippen LogP) is 2.18. The van der Waals surface area contributed by atoms with Crippen LogP contribution in [0.3, 0.4) is 0 Å². The summed E-state index contributed by atoms with van der Waals surface area (Å²) in [5, 5.41) is 25.9. The van der Waals surface area contributed by atoms with Gasteiger partial charge < -0.3 is 20.3 Å². The van der Waals surface area contributed by atoms with E-state index in [1.807, 2.05) is 30.3 Å². The molecule has 0 radical (unpaired) electrons. The van der Waals surface area contributed by atoms with Crippen LogP contribution in [-0.2, 0) is 11.3 Å². The Labute approximate surface area is 124 Å². The van der Waals surface area contributed by atoms with Gasteiger partial charge in [-0.15, -0.1) is 0 Å². The maximum atomic E-state index is 10.4. The predicted molar refractivity (Wildman–Crippen MR) is 82.3 cm³/mol. The van der Waals surface area contributed by atoms with Crippen LogP contribution in [0.15, 0.2) is 36.4 Å². The third-order valence-corrected chi connectivity index (χ3v) is 4.20. The highest BCUT2D eigenvalue weighted by atomic mass is 16.5. The topological polar surface area (TPSA) is 61.7 Å². The van der Waals surface area contributed by atoms with Crippen LogP contribution in [-0.4, -0.2) is 35.6 Å². The molecule has 0 atom stereocenters. The number of phenols is 1. The molecule has 0 aromatic heterocycles. The van der Waals surface area contributed by atoms with Gasteiger partial charge in [0.1, 0.15) is 5.75 Å². The van der Waals surface area contributed by atoms with Crippen molar-refractivity contribution in [2.45, 2.75) is 25.0 Å². The van der Waals surface area contributed by atoms with E-state index in [1.165, 1.54) is 0 Å². The quantitative estimate of drug-likeness (QED) is 0.806. The number of aliphatic hydroxyl groups is 1. The Morgan fingerprint density at radius 2 is 1.86 bits per heavy atom. The standard InChI is InChI=1S/C17H21NO3/c19-16-6-5-13-3-1-2-4-14(13)15(16)11-18-12-17(20)7-9-21-10-8-17/h1-6,18-20H,7-12H2. The van der Waals surface area contributed by atoms with E-state index in [2.05, 4.69) is 5.32 Å². The van der Waals surface area contributed by atoms with Gasteiger partial charge in [-0.2, -0.15) is 0 Å². The molecule has 1 fully saturated rings. The molecule has 1 heterocycles. The molecule has 1 aliphatic heterocycles. The van der Waals surface area contributed by atoms with Gasteiger partial charge in [-0.05, 0) is 16.8 Å². The first-order valence-electron chi connectivity index (χ1n) is 7.38. The Hall–Kier alpha value is -1.62. The van der Waals surface area contributed by atoms with E-state index in [-0.39, 0.29) is 0 Å². The van der Waals surface area contributed by atoms with Crippen LogP contribution >= 0.6 is 0 Å². The number of fused-ring (bicyclic) bond motifs is 1. The molecule has 2 aromatic rings. The number of hydrogen-bond acceptors (Lipinski definition) is 4. The van der Waals surface area contributed by atoms with Crippen molar-refractivity contribution in [1.29, 1.82) is 0 Å². The van der Waals surface area contributed by atoms with Crippen LogP contribution in [0.4, 0.5) is 0 Å². The van der Waals surface area contributed by atoms with Crippen molar-refractivity contribution < 1.29 is 14.9 Å².